The van der Waals surface area contributed by atoms with Gasteiger partial charge in [0.05, 0.1) is 24.2 Å². The Morgan fingerprint density at radius 3 is 1.20 bits per heavy atom. The smallest absolute Gasteiger partial charge is 0.253 e. The maximum Gasteiger partial charge on any atom is 0.253 e. The van der Waals surface area contributed by atoms with Gasteiger partial charge in [0.2, 0.25) is 23.6 Å². The molecule has 4 fully saturated rings. The molecule has 4 aromatic rings. The molecule has 2 aliphatic carbocycles. The van der Waals surface area contributed by atoms with Gasteiger partial charge in [0, 0.05) is 62.5 Å². The number of rotatable bonds is 23. The van der Waals surface area contributed by atoms with Gasteiger partial charge < -0.3 is 52.3 Å². The van der Waals surface area contributed by atoms with E-state index >= 15 is 0 Å². The van der Waals surface area contributed by atoms with Crippen molar-refractivity contribution in [1.29, 1.82) is 0 Å². The summed E-state index contributed by atoms with van der Waals surface area (Å²) in [4.78, 5) is 92.9. The topological polar surface area (TPSA) is 216 Å². The van der Waals surface area contributed by atoms with Crippen molar-refractivity contribution in [2.75, 3.05) is 53.4 Å². The Morgan fingerprint density at radius 1 is 0.512 bits per heavy atom. The number of hydrogen-bond acceptors (Lipinski definition) is 10. The fourth-order valence-corrected chi connectivity index (χ4v) is 12.5. The van der Waals surface area contributed by atoms with Gasteiger partial charge in [-0.05, 0) is 138 Å². The number of likely N-dealkylation sites (N-methyl/N-ethyl adjacent to an activating group) is 2. The van der Waals surface area contributed by atoms with Crippen molar-refractivity contribution in [2.24, 2.45) is 23.3 Å². The van der Waals surface area contributed by atoms with Crippen molar-refractivity contribution >= 4 is 35.4 Å². The lowest BCUT2D eigenvalue weighted by Crippen LogP contribution is -2.57. The van der Waals surface area contributed by atoms with E-state index in [0.29, 0.717) is 76.1 Å². The van der Waals surface area contributed by atoms with Gasteiger partial charge >= 0.3 is 0 Å². The fraction of sp³-hybridized carbons (Fsp3) is 0.531. The molecule has 16 nitrogen and oxygen atoms in total. The third-order valence-electron chi connectivity index (χ3n) is 17.5. The van der Waals surface area contributed by atoms with Crippen molar-refractivity contribution in [2.45, 2.75) is 152 Å². The van der Waals surface area contributed by atoms with Gasteiger partial charge in [0.25, 0.3) is 11.8 Å². The quantitative estimate of drug-likeness (QED) is 0.0515. The Hall–Kier alpha value is -6.46. The number of nitrogens with one attached hydrogen (secondary N) is 4. The first-order valence-corrected chi connectivity index (χ1v) is 29.7. The van der Waals surface area contributed by atoms with Crippen LogP contribution in [-0.4, -0.2) is 157 Å². The van der Waals surface area contributed by atoms with Gasteiger partial charge in [-0.25, -0.2) is 0 Å². The highest BCUT2D eigenvalue weighted by molar-refractivity contribution is 5.96. The van der Waals surface area contributed by atoms with Crippen LogP contribution in [0.25, 0.3) is 11.1 Å². The van der Waals surface area contributed by atoms with Crippen molar-refractivity contribution in [1.82, 2.24) is 40.9 Å². The second kappa shape index (κ2) is 28.8. The molecule has 6 amide bonds. The Kier molecular flexibility index (Phi) is 21.5. The van der Waals surface area contributed by atoms with Crippen LogP contribution in [0.1, 0.15) is 123 Å². The minimum atomic E-state index is -0.670. The van der Waals surface area contributed by atoms with Gasteiger partial charge in [0.1, 0.15) is 12.1 Å². The number of nitrogens with two attached hydrogens (primary N) is 2. The van der Waals surface area contributed by atoms with Crippen LogP contribution in [0.5, 0.6) is 0 Å². The number of benzene rings is 4. The summed E-state index contributed by atoms with van der Waals surface area (Å²) in [5, 5.41) is 12.2. The zero-order valence-electron chi connectivity index (χ0n) is 47.7. The molecule has 16 heteroatoms. The van der Waals surface area contributed by atoms with Gasteiger partial charge in [-0.3, -0.25) is 28.8 Å². The first kappa shape index (κ1) is 59.7. The molecule has 4 aromatic carbocycles. The summed E-state index contributed by atoms with van der Waals surface area (Å²) in [7, 11) is 3.46. The summed E-state index contributed by atoms with van der Waals surface area (Å²) in [6, 6.07) is 31.7. The van der Waals surface area contributed by atoms with Gasteiger partial charge in [-0.2, -0.15) is 0 Å². The fourth-order valence-electron chi connectivity index (χ4n) is 12.5. The third-order valence-corrected chi connectivity index (χ3v) is 17.5. The van der Waals surface area contributed by atoms with E-state index in [4.69, 9.17) is 11.5 Å². The van der Waals surface area contributed by atoms with Gasteiger partial charge in [0.15, 0.2) is 0 Å². The van der Waals surface area contributed by atoms with Crippen LogP contribution in [0, 0.1) is 11.8 Å². The molecule has 430 valence electrons. The first-order valence-electron chi connectivity index (χ1n) is 29.7. The molecule has 0 radical (unpaired) electrons. The SMILES string of the molecule is CN[C@@H](C)C(=O)N[C@H](C(=O)N1C[C@@H](N)C[C@@H]1CN(CCc1ccccc1)C(=O)c1ccc(-c2ccc(C(=O)N(CCc3ccccc3)C[C@@H]3C[C@H](N)CN3C(=O)[C@@H](NC(=O)[C@H](C)NC)C3CCCCC3)cc2)cc1)C1CCCCC1. The van der Waals surface area contributed by atoms with Crippen molar-refractivity contribution in [3.63, 3.8) is 0 Å². The molecule has 0 unspecified atom stereocenters. The molecule has 4 aliphatic rings. The Balaban J connectivity index is 0.986. The van der Waals surface area contributed by atoms with Crippen molar-refractivity contribution in [3.8, 4) is 11.1 Å². The minimum absolute atomic E-state index is 0.0264. The Morgan fingerprint density at radius 2 is 0.863 bits per heavy atom. The van der Waals surface area contributed by atoms with Crippen LogP contribution in [0.4, 0.5) is 0 Å². The molecule has 2 saturated heterocycles. The number of amides is 6. The summed E-state index contributed by atoms with van der Waals surface area (Å²) in [6.07, 6.45) is 12.1. The monoisotopic (exact) mass is 1090 g/mol. The zero-order chi connectivity index (χ0) is 56.7. The van der Waals surface area contributed by atoms with E-state index < -0.39 is 24.2 Å². The largest absolute Gasteiger partial charge is 0.343 e. The lowest BCUT2D eigenvalue weighted by atomic mass is 9.83. The molecule has 0 spiro atoms. The molecular weight excluding hydrogens is 1000 g/mol. The summed E-state index contributed by atoms with van der Waals surface area (Å²) in [5.41, 5.74) is 18.2. The standard InChI is InChI=1S/C64H88N10O6/c1-43(67-3)59(75)69-57(49-21-13-7-14-22-49)63(79)73-39-53(65)37-55(73)41-71(35-33-45-17-9-5-10-18-45)61(77)51-29-25-47(26-30-51)48-27-31-52(32-28-48)62(78)72(36-34-46-19-11-6-12-20-46)42-56-38-54(66)40-74(56)64(80)58(50-23-15-8-16-24-50)70-60(76)44(2)68-4/h5-6,9-12,17-20,25-32,43-44,49-50,53-58,67-68H,7-8,13-16,21-24,33-42,65-66H2,1-4H3,(H,69,75)(H,70,76)/t43-,44-,53-,54-,55-,56+,57-,58-/m0/s1. The second-order valence-corrected chi connectivity index (χ2v) is 23.2. The second-order valence-electron chi connectivity index (χ2n) is 23.2. The van der Waals surface area contributed by atoms with Crippen LogP contribution in [0.2, 0.25) is 0 Å². The third kappa shape index (κ3) is 15.5. The van der Waals surface area contributed by atoms with E-state index in [1.165, 1.54) is 0 Å². The highest BCUT2D eigenvalue weighted by Crippen LogP contribution is 2.32. The average molecular weight is 1090 g/mol. The molecule has 80 heavy (non-hydrogen) atoms. The van der Waals surface area contributed by atoms with Gasteiger partial charge in [-0.1, -0.05) is 123 Å². The number of likely N-dealkylation sites (tertiary alicyclic amines) is 2. The predicted molar refractivity (Wildman–Crippen MR) is 314 cm³/mol. The first-order chi connectivity index (χ1) is 38.7. The summed E-state index contributed by atoms with van der Waals surface area (Å²) >= 11 is 0. The van der Waals surface area contributed by atoms with Crippen LogP contribution in [0.15, 0.2) is 109 Å². The molecular formula is C64H88N10O6. The summed E-state index contributed by atoms with van der Waals surface area (Å²) in [5.74, 6) is -0.935. The van der Waals surface area contributed by atoms with E-state index in [2.05, 4.69) is 45.5 Å². The van der Waals surface area contributed by atoms with E-state index in [0.717, 1.165) is 86.5 Å². The number of carbonyl (C=O) groups excluding carboxylic acids is 6. The average Bonchev–Trinajstić information content (AvgIpc) is 4.07. The Bertz CT molecular complexity index is 2480. The maximum atomic E-state index is 14.7. The van der Waals surface area contributed by atoms with Crippen LogP contribution >= 0.6 is 0 Å². The van der Waals surface area contributed by atoms with E-state index in [1.54, 1.807) is 27.9 Å². The molecule has 2 saturated carbocycles. The highest BCUT2D eigenvalue weighted by atomic mass is 16.2. The lowest BCUT2D eigenvalue weighted by molar-refractivity contribution is -0.140. The summed E-state index contributed by atoms with van der Waals surface area (Å²) < 4.78 is 0. The van der Waals surface area contributed by atoms with Crippen LogP contribution in [0.3, 0.4) is 0 Å². The maximum absolute atomic E-state index is 14.7. The normalized spacial score (nSPS) is 21.3. The zero-order valence-corrected chi connectivity index (χ0v) is 47.7. The minimum Gasteiger partial charge on any atom is -0.343 e. The molecule has 0 bridgehead atoms. The van der Waals surface area contributed by atoms with Crippen molar-refractivity contribution < 1.29 is 28.8 Å². The highest BCUT2D eigenvalue weighted by Gasteiger charge is 2.44. The molecule has 8 N–H and O–H groups in total. The van der Waals surface area contributed by atoms with Gasteiger partial charge in [-0.15, -0.1) is 0 Å². The van der Waals surface area contributed by atoms with Crippen LogP contribution in [-0.2, 0) is 32.0 Å². The predicted octanol–water partition coefficient (Wildman–Crippen LogP) is 5.93. The van der Waals surface area contributed by atoms with E-state index in [9.17, 15) is 28.8 Å². The number of carbonyl (C=O) groups is 6. The van der Waals surface area contributed by atoms with Crippen LogP contribution < -0.4 is 32.7 Å². The molecule has 0 aromatic heterocycles. The van der Waals surface area contributed by atoms with E-state index in [-0.39, 0.29) is 71.4 Å². The molecule has 8 rings (SSSR count). The molecule has 2 aliphatic heterocycles. The number of hydrogen-bond donors (Lipinski definition) is 6. The molecule has 2 heterocycles. The van der Waals surface area contributed by atoms with E-state index in [1.807, 2.05) is 105 Å². The number of nitrogens with zero attached hydrogens (tertiary/aromatic N) is 4. The van der Waals surface area contributed by atoms with Crippen molar-refractivity contribution in [3.05, 3.63) is 131 Å². The summed E-state index contributed by atoms with van der Waals surface area (Å²) in [6.45, 7) is 5.72. The lowest BCUT2D eigenvalue weighted by Gasteiger charge is -2.37. The molecule has 8 atom stereocenters. The Labute approximate surface area is 474 Å².